The van der Waals surface area contributed by atoms with E-state index in [1.165, 1.54) is 0 Å². The number of benzene rings is 2. The summed E-state index contributed by atoms with van der Waals surface area (Å²) < 4.78 is 15.2. The normalized spacial score (nSPS) is 22.1. The smallest absolute Gasteiger partial charge is 0.204 e. The number of rotatable bonds is 1. The molecule has 0 saturated carbocycles. The lowest BCUT2D eigenvalue weighted by molar-refractivity contribution is 0.0630. The van der Waals surface area contributed by atoms with E-state index in [2.05, 4.69) is 0 Å². The van der Waals surface area contributed by atoms with Crippen LogP contribution in [0.3, 0.4) is 0 Å². The van der Waals surface area contributed by atoms with Crippen molar-refractivity contribution >= 4 is 5.78 Å². The lowest BCUT2D eigenvalue weighted by Gasteiger charge is -2.30. The molecule has 0 aliphatic heterocycles. The first-order valence-electron chi connectivity index (χ1n) is 6.50. The average Bonchev–Trinajstić information content (AvgIpc) is 2.44. The van der Waals surface area contributed by atoms with Crippen molar-refractivity contribution in [3.8, 4) is 0 Å². The molecule has 0 aromatic heterocycles. The third kappa shape index (κ3) is 1.88. The molecule has 3 rings (SSSR count). The zero-order valence-corrected chi connectivity index (χ0v) is 10.8. The van der Waals surface area contributed by atoms with Gasteiger partial charge in [-0.25, -0.2) is 4.39 Å². The van der Waals surface area contributed by atoms with E-state index in [0.29, 0.717) is 17.5 Å². The molecule has 2 heteroatoms. The zero-order chi connectivity index (χ0) is 13.5. The second-order valence-electron chi connectivity index (χ2n) is 5.15. The van der Waals surface area contributed by atoms with E-state index in [-0.39, 0.29) is 6.42 Å². The van der Waals surface area contributed by atoms with E-state index in [9.17, 15) is 4.79 Å². The van der Waals surface area contributed by atoms with Gasteiger partial charge in [0.05, 0.1) is 0 Å². The van der Waals surface area contributed by atoms with Crippen LogP contribution in [0.15, 0.2) is 48.5 Å². The predicted molar refractivity (Wildman–Crippen MR) is 73.1 cm³/mol. The third-order valence-electron chi connectivity index (χ3n) is 3.87. The average molecular weight is 254 g/mol. The highest BCUT2D eigenvalue weighted by Gasteiger charge is 2.44. The number of carbonyl (C=O) groups excluding carboxylic acids is 1. The molecule has 96 valence electrons. The van der Waals surface area contributed by atoms with Crippen LogP contribution in [0, 0.1) is 6.92 Å². The molecule has 0 bridgehead atoms. The molecule has 0 N–H and O–H groups in total. The van der Waals surface area contributed by atoms with Crippen LogP contribution in [-0.4, -0.2) is 5.78 Å². The van der Waals surface area contributed by atoms with E-state index in [4.69, 9.17) is 0 Å². The van der Waals surface area contributed by atoms with Gasteiger partial charge in [-0.1, -0.05) is 54.1 Å². The Morgan fingerprint density at radius 3 is 2.47 bits per heavy atom. The van der Waals surface area contributed by atoms with Crippen molar-refractivity contribution in [1.82, 2.24) is 0 Å². The van der Waals surface area contributed by atoms with Gasteiger partial charge in [0.25, 0.3) is 0 Å². The second kappa shape index (κ2) is 4.30. The SMILES string of the molecule is Cc1ccc(C2(F)CCc3ccccc3C2=O)cc1. The van der Waals surface area contributed by atoms with Gasteiger partial charge in [0.2, 0.25) is 5.78 Å². The maximum Gasteiger partial charge on any atom is 0.204 e. The molecule has 0 fully saturated rings. The first kappa shape index (κ1) is 12.1. The lowest BCUT2D eigenvalue weighted by atomic mass is 9.76. The lowest BCUT2D eigenvalue weighted by Crippen LogP contribution is -2.36. The van der Waals surface area contributed by atoms with Crippen molar-refractivity contribution in [1.29, 1.82) is 0 Å². The highest BCUT2D eigenvalue weighted by atomic mass is 19.1. The van der Waals surface area contributed by atoms with Crippen molar-refractivity contribution in [3.05, 3.63) is 70.8 Å². The summed E-state index contributed by atoms with van der Waals surface area (Å²) in [4.78, 5) is 12.4. The summed E-state index contributed by atoms with van der Waals surface area (Å²) in [5.74, 6) is -0.404. The van der Waals surface area contributed by atoms with Gasteiger partial charge in [0, 0.05) is 5.56 Å². The summed E-state index contributed by atoms with van der Waals surface area (Å²) in [5.41, 5.74) is 1.14. The van der Waals surface area contributed by atoms with Crippen LogP contribution in [0.4, 0.5) is 4.39 Å². The minimum absolute atomic E-state index is 0.228. The largest absolute Gasteiger partial charge is 0.290 e. The molecule has 1 unspecified atom stereocenters. The van der Waals surface area contributed by atoms with Crippen LogP contribution in [0.1, 0.15) is 33.5 Å². The minimum atomic E-state index is -1.87. The molecule has 2 aromatic carbocycles. The van der Waals surface area contributed by atoms with Crippen LogP contribution in [0.25, 0.3) is 0 Å². The summed E-state index contributed by atoms with van der Waals surface area (Å²) in [5, 5.41) is 0. The second-order valence-corrected chi connectivity index (χ2v) is 5.15. The Bertz CT molecular complexity index is 630. The van der Waals surface area contributed by atoms with Gasteiger partial charge >= 0.3 is 0 Å². The van der Waals surface area contributed by atoms with Gasteiger partial charge in [0.1, 0.15) is 0 Å². The number of hydrogen-bond donors (Lipinski definition) is 0. The Kier molecular flexibility index (Phi) is 2.74. The van der Waals surface area contributed by atoms with Gasteiger partial charge in [0.15, 0.2) is 5.67 Å². The summed E-state index contributed by atoms with van der Waals surface area (Å²) >= 11 is 0. The molecule has 0 amide bonds. The molecule has 2 aromatic rings. The fraction of sp³-hybridized carbons (Fsp3) is 0.235. The fourth-order valence-electron chi connectivity index (χ4n) is 2.69. The van der Waals surface area contributed by atoms with E-state index >= 15 is 4.39 Å². The molecule has 1 aliphatic carbocycles. The monoisotopic (exact) mass is 254 g/mol. The van der Waals surface area contributed by atoms with Crippen molar-refractivity contribution in [2.24, 2.45) is 0 Å². The third-order valence-corrected chi connectivity index (χ3v) is 3.87. The molecular formula is C17H15FO. The number of halogens is 1. The molecule has 19 heavy (non-hydrogen) atoms. The van der Waals surface area contributed by atoms with Crippen molar-refractivity contribution < 1.29 is 9.18 Å². The van der Waals surface area contributed by atoms with Crippen molar-refractivity contribution in [2.75, 3.05) is 0 Å². The van der Waals surface area contributed by atoms with Gasteiger partial charge in [-0.2, -0.15) is 0 Å². The standard InChI is InChI=1S/C17H15FO/c1-12-6-8-14(9-7-12)17(18)11-10-13-4-2-3-5-15(13)16(17)19/h2-9H,10-11H2,1H3. The minimum Gasteiger partial charge on any atom is -0.290 e. The molecule has 0 heterocycles. The molecule has 1 atom stereocenters. The van der Waals surface area contributed by atoms with Crippen LogP contribution >= 0.6 is 0 Å². The molecule has 0 radical (unpaired) electrons. The fourth-order valence-corrected chi connectivity index (χ4v) is 2.69. The Hall–Kier alpha value is -1.96. The van der Waals surface area contributed by atoms with Gasteiger partial charge in [-0.3, -0.25) is 4.79 Å². The van der Waals surface area contributed by atoms with Crippen LogP contribution in [0.2, 0.25) is 0 Å². The number of fused-ring (bicyclic) bond motifs is 1. The highest BCUT2D eigenvalue weighted by molar-refractivity contribution is 6.05. The Morgan fingerprint density at radius 1 is 1.05 bits per heavy atom. The summed E-state index contributed by atoms with van der Waals surface area (Å²) in [7, 11) is 0. The molecule has 1 nitrogen and oxygen atoms in total. The topological polar surface area (TPSA) is 17.1 Å². The van der Waals surface area contributed by atoms with Gasteiger partial charge in [-0.15, -0.1) is 0 Å². The van der Waals surface area contributed by atoms with E-state index in [1.807, 2.05) is 31.2 Å². The van der Waals surface area contributed by atoms with Crippen LogP contribution in [0.5, 0.6) is 0 Å². The molecular weight excluding hydrogens is 239 g/mol. The maximum absolute atomic E-state index is 15.2. The summed E-state index contributed by atoms with van der Waals surface area (Å²) in [6, 6.07) is 14.5. The Labute approximate surface area is 112 Å². The summed E-state index contributed by atoms with van der Waals surface area (Å²) in [6.45, 7) is 1.95. The number of aryl methyl sites for hydroxylation is 2. The number of Topliss-reactive ketones (excluding diaryl/α,β-unsaturated/α-hetero) is 1. The van der Waals surface area contributed by atoms with E-state index in [1.54, 1.807) is 24.3 Å². The van der Waals surface area contributed by atoms with Crippen LogP contribution in [-0.2, 0) is 12.1 Å². The molecule has 0 saturated heterocycles. The van der Waals surface area contributed by atoms with Crippen LogP contribution < -0.4 is 0 Å². The van der Waals surface area contributed by atoms with Gasteiger partial charge < -0.3 is 0 Å². The number of alkyl halides is 1. The van der Waals surface area contributed by atoms with Crippen molar-refractivity contribution in [3.63, 3.8) is 0 Å². The van der Waals surface area contributed by atoms with E-state index in [0.717, 1.165) is 11.1 Å². The number of carbonyl (C=O) groups is 1. The highest BCUT2D eigenvalue weighted by Crippen LogP contribution is 2.39. The predicted octanol–water partition coefficient (Wildman–Crippen LogP) is 3.99. The van der Waals surface area contributed by atoms with E-state index < -0.39 is 11.5 Å². The quantitative estimate of drug-likeness (QED) is 0.752. The number of ketones is 1. The Balaban J connectivity index is 2.07. The van der Waals surface area contributed by atoms with Crippen molar-refractivity contribution in [2.45, 2.75) is 25.4 Å². The molecule has 1 aliphatic rings. The maximum atomic E-state index is 15.2. The first-order valence-corrected chi connectivity index (χ1v) is 6.50. The first-order chi connectivity index (χ1) is 9.11. The molecule has 0 spiro atoms. The van der Waals surface area contributed by atoms with Gasteiger partial charge in [-0.05, 0) is 30.9 Å². The zero-order valence-electron chi connectivity index (χ0n) is 10.8. The number of hydrogen-bond acceptors (Lipinski definition) is 1. The summed E-state index contributed by atoms with van der Waals surface area (Å²) in [6.07, 6.45) is 0.832. The Morgan fingerprint density at radius 2 is 1.74 bits per heavy atom.